The van der Waals surface area contributed by atoms with Gasteiger partial charge in [0.25, 0.3) is 6.43 Å². The first-order valence-corrected chi connectivity index (χ1v) is 4.50. The van der Waals surface area contributed by atoms with Crippen LogP contribution in [0.2, 0.25) is 5.28 Å². The number of hydrogen-bond acceptors (Lipinski definition) is 5. The van der Waals surface area contributed by atoms with E-state index in [2.05, 4.69) is 15.3 Å². The van der Waals surface area contributed by atoms with Crippen molar-refractivity contribution in [2.24, 2.45) is 0 Å². The number of aromatic nitrogens is 2. The van der Waals surface area contributed by atoms with Crippen LogP contribution in [0.25, 0.3) is 0 Å². The maximum Gasteiger partial charge on any atom is 0.332 e. The topological polar surface area (TPSA) is 81.0 Å². The molecule has 0 saturated carbocycles. The molecule has 88 valence electrons. The summed E-state index contributed by atoms with van der Waals surface area (Å²) in [6.07, 6.45) is -2.64. The highest BCUT2D eigenvalue weighted by molar-refractivity contribution is 6.28. The van der Waals surface area contributed by atoms with Crippen LogP contribution in [0.1, 0.15) is 5.69 Å². The van der Waals surface area contributed by atoms with Crippen molar-refractivity contribution in [1.29, 1.82) is 0 Å². The summed E-state index contributed by atoms with van der Waals surface area (Å²) in [4.78, 5) is 17.0. The number of alkyl halides is 2. The lowest BCUT2D eigenvalue weighted by atomic mass is 10.3. The fourth-order valence-corrected chi connectivity index (χ4v) is 1.26. The Balaban J connectivity index is 3.09. The van der Waals surface area contributed by atoms with Gasteiger partial charge >= 0.3 is 5.69 Å². The van der Waals surface area contributed by atoms with E-state index >= 15 is 0 Å². The van der Waals surface area contributed by atoms with Gasteiger partial charge in [0.1, 0.15) is 5.69 Å². The Hall–Kier alpha value is -1.57. The SMILES string of the molecule is Cc1nc(Cl)nc(NCC(F)F)c1[N+](=O)[O-]. The van der Waals surface area contributed by atoms with Crippen LogP contribution >= 0.6 is 11.6 Å². The van der Waals surface area contributed by atoms with Gasteiger partial charge in [-0.3, -0.25) is 10.1 Å². The zero-order valence-electron chi connectivity index (χ0n) is 8.08. The van der Waals surface area contributed by atoms with Gasteiger partial charge in [0.05, 0.1) is 11.5 Å². The molecule has 0 radical (unpaired) electrons. The molecule has 1 aromatic rings. The van der Waals surface area contributed by atoms with Crippen LogP contribution in [0.15, 0.2) is 0 Å². The first-order valence-electron chi connectivity index (χ1n) is 4.12. The second-order valence-corrected chi connectivity index (χ2v) is 3.14. The van der Waals surface area contributed by atoms with Crippen molar-refractivity contribution < 1.29 is 13.7 Å². The Kier molecular flexibility index (Phi) is 3.88. The van der Waals surface area contributed by atoms with Crippen LogP contribution in [-0.4, -0.2) is 27.9 Å². The van der Waals surface area contributed by atoms with Gasteiger partial charge in [0.15, 0.2) is 0 Å². The minimum atomic E-state index is -2.64. The van der Waals surface area contributed by atoms with Crippen molar-refractivity contribution in [2.45, 2.75) is 13.3 Å². The summed E-state index contributed by atoms with van der Waals surface area (Å²) in [5.74, 6) is -0.303. The summed E-state index contributed by atoms with van der Waals surface area (Å²) >= 11 is 5.47. The summed E-state index contributed by atoms with van der Waals surface area (Å²) in [6.45, 7) is 0.604. The van der Waals surface area contributed by atoms with Crippen LogP contribution in [0, 0.1) is 17.0 Å². The molecule has 0 aliphatic rings. The zero-order valence-corrected chi connectivity index (χ0v) is 8.83. The zero-order chi connectivity index (χ0) is 12.3. The molecule has 0 fully saturated rings. The molecule has 0 amide bonds. The minimum Gasteiger partial charge on any atom is -0.358 e. The van der Waals surface area contributed by atoms with E-state index in [0.29, 0.717) is 0 Å². The van der Waals surface area contributed by atoms with Gasteiger partial charge in [-0.15, -0.1) is 0 Å². The van der Waals surface area contributed by atoms with E-state index < -0.39 is 23.6 Å². The largest absolute Gasteiger partial charge is 0.358 e. The van der Waals surface area contributed by atoms with Crippen molar-refractivity contribution in [3.8, 4) is 0 Å². The third-order valence-electron chi connectivity index (χ3n) is 1.64. The number of nitrogens with zero attached hydrogens (tertiary/aromatic N) is 3. The maximum absolute atomic E-state index is 11.9. The molecule has 0 aliphatic carbocycles. The molecule has 0 bridgehead atoms. The lowest BCUT2D eigenvalue weighted by Gasteiger charge is -2.06. The second-order valence-electron chi connectivity index (χ2n) is 2.80. The van der Waals surface area contributed by atoms with Gasteiger partial charge in [-0.2, -0.15) is 4.98 Å². The highest BCUT2D eigenvalue weighted by Crippen LogP contribution is 2.26. The summed E-state index contributed by atoms with van der Waals surface area (Å²) in [5, 5.41) is 12.6. The van der Waals surface area contributed by atoms with E-state index in [9.17, 15) is 18.9 Å². The van der Waals surface area contributed by atoms with Crippen molar-refractivity contribution in [2.75, 3.05) is 11.9 Å². The first-order chi connectivity index (χ1) is 7.41. The fraction of sp³-hybridized carbons (Fsp3) is 0.429. The lowest BCUT2D eigenvalue weighted by molar-refractivity contribution is -0.385. The molecule has 9 heteroatoms. The molecule has 1 heterocycles. The van der Waals surface area contributed by atoms with Gasteiger partial charge in [-0.1, -0.05) is 0 Å². The highest BCUT2D eigenvalue weighted by Gasteiger charge is 2.22. The number of hydrogen-bond donors (Lipinski definition) is 1. The van der Waals surface area contributed by atoms with E-state index in [-0.39, 0.29) is 16.8 Å². The first kappa shape index (κ1) is 12.5. The number of aryl methyl sites for hydroxylation is 1. The quantitative estimate of drug-likeness (QED) is 0.504. The summed E-state index contributed by atoms with van der Waals surface area (Å²) in [5.41, 5.74) is -0.438. The summed E-state index contributed by atoms with van der Waals surface area (Å²) < 4.78 is 23.9. The average molecular weight is 253 g/mol. The van der Waals surface area contributed by atoms with Crippen LogP contribution in [0.3, 0.4) is 0 Å². The Labute approximate surface area is 93.8 Å². The average Bonchev–Trinajstić information content (AvgIpc) is 2.12. The number of rotatable bonds is 4. The minimum absolute atomic E-state index is 0.0155. The maximum atomic E-state index is 11.9. The molecule has 0 aromatic carbocycles. The molecule has 6 nitrogen and oxygen atoms in total. The number of nitrogens with one attached hydrogen (secondary N) is 1. The molecule has 0 atom stereocenters. The fourth-order valence-electron chi connectivity index (χ4n) is 1.05. The molecule has 16 heavy (non-hydrogen) atoms. The Morgan fingerprint density at radius 1 is 1.56 bits per heavy atom. The predicted octanol–water partition coefficient (Wildman–Crippen LogP) is 2.02. The molecule has 0 spiro atoms. The monoisotopic (exact) mass is 252 g/mol. The summed E-state index contributed by atoms with van der Waals surface area (Å²) in [7, 11) is 0. The van der Waals surface area contributed by atoms with Gasteiger partial charge < -0.3 is 5.32 Å². The van der Waals surface area contributed by atoms with Gasteiger partial charge in [0.2, 0.25) is 11.1 Å². The number of halogens is 3. The van der Waals surface area contributed by atoms with Gasteiger partial charge in [-0.25, -0.2) is 13.8 Å². The Bertz CT molecular complexity index is 416. The summed E-state index contributed by atoms with van der Waals surface area (Å²) in [6, 6.07) is 0. The third kappa shape index (κ3) is 2.96. The lowest BCUT2D eigenvalue weighted by Crippen LogP contribution is -2.14. The van der Waals surface area contributed by atoms with Crippen molar-refractivity contribution in [3.05, 3.63) is 21.1 Å². The molecule has 1 aromatic heterocycles. The van der Waals surface area contributed by atoms with Crippen molar-refractivity contribution in [1.82, 2.24) is 9.97 Å². The molecular formula is C7H7ClF2N4O2. The molecule has 1 rings (SSSR count). The van der Waals surface area contributed by atoms with Crippen LogP contribution in [0.5, 0.6) is 0 Å². The molecule has 1 N–H and O–H groups in total. The Morgan fingerprint density at radius 2 is 2.19 bits per heavy atom. The van der Waals surface area contributed by atoms with Crippen LogP contribution in [-0.2, 0) is 0 Å². The molecule has 0 unspecified atom stereocenters. The molecule has 0 aliphatic heterocycles. The second kappa shape index (κ2) is 4.97. The van der Waals surface area contributed by atoms with Gasteiger partial charge in [-0.05, 0) is 18.5 Å². The van der Waals surface area contributed by atoms with Crippen LogP contribution < -0.4 is 5.32 Å². The number of nitro groups is 1. The standard InChI is InChI=1S/C7H7ClF2N4O2/c1-3-5(14(15)16)6(11-2-4(9)10)13-7(8)12-3/h4H,2H2,1H3,(H,11,12,13). The van der Waals surface area contributed by atoms with Crippen molar-refractivity contribution >= 4 is 23.1 Å². The van der Waals surface area contributed by atoms with E-state index in [1.165, 1.54) is 6.92 Å². The predicted molar refractivity (Wildman–Crippen MR) is 52.9 cm³/mol. The molecular weight excluding hydrogens is 246 g/mol. The van der Waals surface area contributed by atoms with Gasteiger partial charge in [0, 0.05) is 0 Å². The molecule has 0 saturated heterocycles. The smallest absolute Gasteiger partial charge is 0.332 e. The van der Waals surface area contributed by atoms with Crippen LogP contribution in [0.4, 0.5) is 20.3 Å². The number of anilines is 1. The van der Waals surface area contributed by atoms with E-state index in [4.69, 9.17) is 11.6 Å². The Morgan fingerprint density at radius 3 is 2.69 bits per heavy atom. The van der Waals surface area contributed by atoms with Crippen molar-refractivity contribution in [3.63, 3.8) is 0 Å². The van der Waals surface area contributed by atoms with E-state index in [0.717, 1.165) is 0 Å². The highest BCUT2D eigenvalue weighted by atomic mass is 35.5. The van der Waals surface area contributed by atoms with E-state index in [1.807, 2.05) is 0 Å². The third-order valence-corrected chi connectivity index (χ3v) is 1.81. The van der Waals surface area contributed by atoms with E-state index in [1.54, 1.807) is 0 Å². The normalized spacial score (nSPS) is 10.6.